The van der Waals surface area contributed by atoms with E-state index in [1.54, 1.807) is 32.0 Å². The molecule has 0 saturated heterocycles. The van der Waals surface area contributed by atoms with Crippen molar-refractivity contribution < 1.29 is 9.47 Å². The summed E-state index contributed by atoms with van der Waals surface area (Å²) in [4.78, 5) is 1.00. The van der Waals surface area contributed by atoms with Crippen molar-refractivity contribution in [2.45, 2.75) is 4.90 Å². The number of hydrogen-bond donors (Lipinski definition) is 2. The zero-order valence-electron chi connectivity index (χ0n) is 10.5. The Kier molecular flexibility index (Phi) is 3.66. The van der Waals surface area contributed by atoms with E-state index in [2.05, 4.69) is 10.2 Å². The molecule has 0 aliphatic carbocycles. The molecular weight excluding hydrogens is 250 g/mol. The second-order valence-corrected chi connectivity index (χ2v) is 4.47. The van der Waals surface area contributed by atoms with E-state index in [0.717, 1.165) is 21.9 Å². The number of methoxy groups -OCH3 is 2. The first-order chi connectivity index (χ1) is 8.69. The summed E-state index contributed by atoms with van der Waals surface area (Å²) in [6.45, 7) is 0. The zero-order chi connectivity index (χ0) is 13.1. The molecule has 0 unspecified atom stereocenters. The van der Waals surface area contributed by atoms with Crippen LogP contribution in [0.1, 0.15) is 0 Å². The molecule has 0 saturated carbocycles. The third-order valence-corrected chi connectivity index (χ3v) is 3.32. The van der Waals surface area contributed by atoms with Gasteiger partial charge in [0.05, 0.1) is 24.8 Å². The van der Waals surface area contributed by atoms with Crippen molar-refractivity contribution >= 4 is 17.6 Å². The average molecular weight is 265 g/mol. The van der Waals surface area contributed by atoms with E-state index < -0.39 is 0 Å². The van der Waals surface area contributed by atoms with E-state index in [1.807, 2.05) is 18.4 Å². The number of nitrogens with one attached hydrogen (secondary N) is 1. The molecule has 0 aliphatic heterocycles. The molecule has 1 aromatic carbocycles. The molecule has 2 aromatic rings. The van der Waals surface area contributed by atoms with Crippen LogP contribution in [0.3, 0.4) is 0 Å². The first-order valence-corrected chi connectivity index (χ1v) is 6.53. The summed E-state index contributed by atoms with van der Waals surface area (Å²) in [7, 11) is 3.25. The maximum Gasteiger partial charge on any atom is 0.174 e. The molecule has 0 aliphatic rings. The second kappa shape index (κ2) is 5.22. The van der Waals surface area contributed by atoms with Gasteiger partial charge in [-0.2, -0.15) is 5.10 Å². The fourth-order valence-electron chi connectivity index (χ4n) is 1.72. The topological polar surface area (TPSA) is 73.2 Å². The van der Waals surface area contributed by atoms with Crippen molar-refractivity contribution in [3.05, 3.63) is 18.2 Å². The lowest BCUT2D eigenvalue weighted by atomic mass is 10.1. The number of aromatic nitrogens is 2. The molecule has 0 radical (unpaired) electrons. The number of anilines is 1. The highest BCUT2D eigenvalue weighted by atomic mass is 32.2. The SMILES string of the molecule is COc1cc(-c2cc(N)n[nH]2)cc(SC)c1OC. The average Bonchev–Trinajstić information content (AvgIpc) is 2.83. The molecule has 18 heavy (non-hydrogen) atoms. The second-order valence-electron chi connectivity index (χ2n) is 3.62. The fourth-order valence-corrected chi connectivity index (χ4v) is 2.34. The summed E-state index contributed by atoms with van der Waals surface area (Å²) in [5.41, 5.74) is 7.42. The van der Waals surface area contributed by atoms with Gasteiger partial charge in [-0.25, -0.2) is 0 Å². The number of ether oxygens (including phenoxy) is 2. The summed E-state index contributed by atoms with van der Waals surface area (Å²) in [6.07, 6.45) is 1.99. The number of benzene rings is 1. The summed E-state index contributed by atoms with van der Waals surface area (Å²) in [5.74, 6) is 1.89. The molecule has 1 aromatic heterocycles. The van der Waals surface area contributed by atoms with Gasteiger partial charge in [-0.1, -0.05) is 0 Å². The monoisotopic (exact) mass is 265 g/mol. The summed E-state index contributed by atoms with van der Waals surface area (Å²) in [5, 5.41) is 6.80. The van der Waals surface area contributed by atoms with E-state index in [1.165, 1.54) is 0 Å². The van der Waals surface area contributed by atoms with E-state index in [4.69, 9.17) is 15.2 Å². The van der Waals surface area contributed by atoms with Gasteiger partial charge in [0.15, 0.2) is 11.5 Å². The maximum absolute atomic E-state index is 5.61. The van der Waals surface area contributed by atoms with E-state index in [9.17, 15) is 0 Å². The summed E-state index contributed by atoms with van der Waals surface area (Å²) in [6, 6.07) is 5.69. The molecule has 1 heterocycles. The number of nitrogens with zero attached hydrogens (tertiary/aromatic N) is 1. The number of H-pyrrole nitrogens is 1. The Morgan fingerprint density at radius 3 is 2.50 bits per heavy atom. The van der Waals surface area contributed by atoms with Gasteiger partial charge in [-0.15, -0.1) is 11.8 Å². The van der Waals surface area contributed by atoms with Crippen molar-refractivity contribution in [2.75, 3.05) is 26.2 Å². The van der Waals surface area contributed by atoms with Gasteiger partial charge in [-0.05, 0) is 18.4 Å². The van der Waals surface area contributed by atoms with Gasteiger partial charge in [0.2, 0.25) is 0 Å². The molecule has 2 rings (SSSR count). The van der Waals surface area contributed by atoms with Crippen LogP contribution in [0.25, 0.3) is 11.3 Å². The Balaban J connectivity index is 2.56. The van der Waals surface area contributed by atoms with Crippen LogP contribution < -0.4 is 15.2 Å². The Hall–Kier alpha value is -1.82. The molecule has 0 amide bonds. The lowest BCUT2D eigenvalue weighted by Gasteiger charge is -2.13. The quantitative estimate of drug-likeness (QED) is 0.830. The molecular formula is C12H15N3O2S. The molecule has 0 spiro atoms. The van der Waals surface area contributed by atoms with Crippen molar-refractivity contribution in [3.63, 3.8) is 0 Å². The van der Waals surface area contributed by atoms with Crippen LogP contribution in [0, 0.1) is 0 Å². The molecule has 96 valence electrons. The van der Waals surface area contributed by atoms with Gasteiger partial charge in [0.25, 0.3) is 0 Å². The number of nitrogen functional groups attached to an aromatic ring is 1. The Morgan fingerprint density at radius 1 is 1.22 bits per heavy atom. The number of hydrogen-bond acceptors (Lipinski definition) is 5. The molecule has 3 N–H and O–H groups in total. The lowest BCUT2D eigenvalue weighted by molar-refractivity contribution is 0.348. The van der Waals surface area contributed by atoms with E-state index >= 15 is 0 Å². The van der Waals surface area contributed by atoms with Gasteiger partial charge >= 0.3 is 0 Å². The molecule has 0 atom stereocenters. The van der Waals surface area contributed by atoms with Crippen LogP contribution in [0.4, 0.5) is 5.82 Å². The minimum absolute atomic E-state index is 0.463. The van der Waals surface area contributed by atoms with E-state index in [0.29, 0.717) is 11.6 Å². The van der Waals surface area contributed by atoms with Crippen molar-refractivity contribution in [1.82, 2.24) is 10.2 Å². The standard InChI is InChI=1S/C12H15N3O2S/c1-16-9-4-7(8-6-11(13)15-14-8)5-10(18-3)12(9)17-2/h4-6H,1-3H3,(H3,13,14,15). The molecule has 5 nitrogen and oxygen atoms in total. The fraction of sp³-hybridized carbons (Fsp3) is 0.250. The summed E-state index contributed by atoms with van der Waals surface area (Å²) >= 11 is 1.59. The largest absolute Gasteiger partial charge is 0.493 e. The first kappa shape index (κ1) is 12.6. The number of thioether (sulfide) groups is 1. The van der Waals surface area contributed by atoms with Crippen molar-refractivity contribution in [3.8, 4) is 22.8 Å². The minimum Gasteiger partial charge on any atom is -0.493 e. The highest BCUT2D eigenvalue weighted by molar-refractivity contribution is 7.98. The Bertz CT molecular complexity index is 529. The predicted molar refractivity (Wildman–Crippen MR) is 73.3 cm³/mol. The lowest BCUT2D eigenvalue weighted by Crippen LogP contribution is -1.93. The highest BCUT2D eigenvalue weighted by Gasteiger charge is 2.13. The van der Waals surface area contributed by atoms with Gasteiger partial charge in [-0.3, -0.25) is 5.10 Å². The van der Waals surface area contributed by atoms with E-state index in [-0.39, 0.29) is 0 Å². The zero-order valence-corrected chi connectivity index (χ0v) is 11.3. The molecule has 0 bridgehead atoms. The van der Waals surface area contributed by atoms with Gasteiger partial charge in [0, 0.05) is 11.6 Å². The highest BCUT2D eigenvalue weighted by Crippen LogP contribution is 2.40. The third-order valence-electron chi connectivity index (χ3n) is 2.57. The van der Waals surface area contributed by atoms with Crippen LogP contribution in [0.5, 0.6) is 11.5 Å². The van der Waals surface area contributed by atoms with Crippen LogP contribution in [-0.4, -0.2) is 30.7 Å². The molecule has 6 heteroatoms. The Labute approximate surface area is 110 Å². The van der Waals surface area contributed by atoms with Crippen LogP contribution in [0.2, 0.25) is 0 Å². The number of nitrogens with two attached hydrogens (primary N) is 1. The molecule has 0 fully saturated rings. The smallest absolute Gasteiger partial charge is 0.174 e. The predicted octanol–water partition coefficient (Wildman–Crippen LogP) is 2.40. The normalized spacial score (nSPS) is 10.4. The van der Waals surface area contributed by atoms with Crippen LogP contribution in [0.15, 0.2) is 23.1 Å². The third kappa shape index (κ3) is 2.24. The van der Waals surface area contributed by atoms with Crippen molar-refractivity contribution in [2.24, 2.45) is 0 Å². The first-order valence-electron chi connectivity index (χ1n) is 5.31. The van der Waals surface area contributed by atoms with Crippen molar-refractivity contribution in [1.29, 1.82) is 0 Å². The van der Waals surface area contributed by atoms with Gasteiger partial charge in [0.1, 0.15) is 5.82 Å². The van der Waals surface area contributed by atoms with Gasteiger partial charge < -0.3 is 15.2 Å². The van der Waals surface area contributed by atoms with Crippen LogP contribution >= 0.6 is 11.8 Å². The van der Waals surface area contributed by atoms with Crippen LogP contribution in [-0.2, 0) is 0 Å². The number of aromatic amines is 1. The Morgan fingerprint density at radius 2 is 2.00 bits per heavy atom. The number of rotatable bonds is 4. The summed E-state index contributed by atoms with van der Waals surface area (Å²) < 4.78 is 10.7. The maximum atomic E-state index is 5.61. The minimum atomic E-state index is 0.463.